The fourth-order valence-corrected chi connectivity index (χ4v) is 2.02. The number of aryl methyl sites for hydroxylation is 1. The Morgan fingerprint density at radius 3 is 2.47 bits per heavy atom. The van der Waals surface area contributed by atoms with Crippen LogP contribution < -0.4 is 0 Å². The highest BCUT2D eigenvalue weighted by Gasteiger charge is 2.11. The van der Waals surface area contributed by atoms with Crippen LogP contribution in [-0.4, -0.2) is 9.97 Å². The molecule has 2 nitrogen and oxygen atoms in total. The van der Waals surface area contributed by atoms with Crippen LogP contribution in [0.15, 0.2) is 22.7 Å². The molecule has 0 bridgehead atoms. The minimum absolute atomic E-state index is 0.125. The monoisotopic (exact) mass is 318 g/mol. The van der Waals surface area contributed by atoms with Gasteiger partial charge in [0.05, 0.1) is 5.69 Å². The molecule has 0 amide bonds. The van der Waals surface area contributed by atoms with E-state index in [2.05, 4.69) is 25.9 Å². The molecule has 0 radical (unpaired) electrons. The number of halogens is 4. The lowest BCUT2D eigenvalue weighted by Crippen LogP contribution is -1.97. The fraction of sp³-hybridized carbons (Fsp3) is 0.0909. The molecular formula is C11H6BrClF2N2. The van der Waals surface area contributed by atoms with Crippen LogP contribution in [0.25, 0.3) is 11.4 Å². The first-order valence-corrected chi connectivity index (χ1v) is 5.80. The van der Waals surface area contributed by atoms with E-state index in [0.717, 1.165) is 0 Å². The highest BCUT2D eigenvalue weighted by atomic mass is 79.9. The second kappa shape index (κ2) is 4.66. The molecule has 6 heteroatoms. The van der Waals surface area contributed by atoms with Crippen molar-refractivity contribution < 1.29 is 8.78 Å². The fourth-order valence-electron chi connectivity index (χ4n) is 1.34. The molecule has 0 saturated heterocycles. The minimum Gasteiger partial charge on any atom is -0.230 e. The Bertz CT molecular complexity index is 546. The van der Waals surface area contributed by atoms with Gasteiger partial charge in [-0.3, -0.25) is 0 Å². The molecule has 1 aromatic carbocycles. The van der Waals surface area contributed by atoms with Crippen LogP contribution in [-0.2, 0) is 0 Å². The summed E-state index contributed by atoms with van der Waals surface area (Å²) in [6, 6.07) is 4.20. The molecule has 2 rings (SSSR count). The van der Waals surface area contributed by atoms with Gasteiger partial charge in [-0.05, 0) is 25.1 Å². The maximum absolute atomic E-state index is 13.2. The second-order valence-corrected chi connectivity index (χ2v) is 4.67. The van der Waals surface area contributed by atoms with Gasteiger partial charge in [0.25, 0.3) is 0 Å². The van der Waals surface area contributed by atoms with Gasteiger partial charge in [0.2, 0.25) is 0 Å². The molecule has 0 unspecified atom stereocenters. The summed E-state index contributed by atoms with van der Waals surface area (Å²) in [6.45, 7) is 1.47. The third-order valence-electron chi connectivity index (χ3n) is 2.10. The summed E-state index contributed by atoms with van der Waals surface area (Å²) in [5.41, 5.74) is 0.558. The molecule has 2 aromatic rings. The Morgan fingerprint density at radius 1 is 1.18 bits per heavy atom. The topological polar surface area (TPSA) is 25.8 Å². The summed E-state index contributed by atoms with van der Waals surface area (Å²) >= 11 is 8.78. The second-order valence-electron chi connectivity index (χ2n) is 3.40. The van der Waals surface area contributed by atoms with Gasteiger partial charge < -0.3 is 0 Å². The third-order valence-corrected chi connectivity index (χ3v) is 2.81. The van der Waals surface area contributed by atoms with Gasteiger partial charge in [0.1, 0.15) is 5.82 Å². The van der Waals surface area contributed by atoms with Crippen molar-refractivity contribution in [3.8, 4) is 11.4 Å². The number of benzene rings is 1. The van der Waals surface area contributed by atoms with E-state index in [1.807, 2.05) is 0 Å². The van der Waals surface area contributed by atoms with Crippen LogP contribution in [0.4, 0.5) is 8.78 Å². The van der Waals surface area contributed by atoms with Crippen molar-refractivity contribution in [3.05, 3.63) is 45.2 Å². The summed E-state index contributed by atoms with van der Waals surface area (Å²) < 4.78 is 27.0. The zero-order valence-corrected chi connectivity index (χ0v) is 11.0. The first-order chi connectivity index (χ1) is 7.97. The van der Waals surface area contributed by atoms with E-state index in [4.69, 9.17) is 11.6 Å². The van der Waals surface area contributed by atoms with Gasteiger partial charge in [-0.15, -0.1) is 0 Å². The Kier molecular flexibility index (Phi) is 3.40. The van der Waals surface area contributed by atoms with Crippen molar-refractivity contribution >= 4 is 27.5 Å². The molecule has 1 aromatic heterocycles. The molecule has 88 valence electrons. The van der Waals surface area contributed by atoms with Gasteiger partial charge in [-0.2, -0.15) is 0 Å². The van der Waals surface area contributed by atoms with Crippen LogP contribution in [0, 0.1) is 18.6 Å². The van der Waals surface area contributed by atoms with Crippen LogP contribution in [0.2, 0.25) is 5.15 Å². The van der Waals surface area contributed by atoms with E-state index in [1.165, 1.54) is 19.1 Å². The average Bonchev–Trinajstić information content (AvgIpc) is 2.23. The first-order valence-electron chi connectivity index (χ1n) is 4.63. The third kappa shape index (κ3) is 2.61. The summed E-state index contributed by atoms with van der Waals surface area (Å²) in [5, 5.41) is -0.270. The van der Waals surface area contributed by atoms with Crippen LogP contribution in [0.3, 0.4) is 0 Å². The molecule has 17 heavy (non-hydrogen) atoms. The molecular weight excluding hydrogens is 313 g/mol. The largest absolute Gasteiger partial charge is 0.230 e. The quantitative estimate of drug-likeness (QED) is 0.738. The summed E-state index contributed by atoms with van der Waals surface area (Å²) in [4.78, 5) is 7.71. The normalized spacial score (nSPS) is 10.6. The number of hydrogen-bond acceptors (Lipinski definition) is 2. The molecule has 0 aliphatic rings. The zero-order valence-electron chi connectivity index (χ0n) is 8.64. The van der Waals surface area contributed by atoms with E-state index in [-0.39, 0.29) is 16.7 Å². The van der Waals surface area contributed by atoms with Crippen molar-refractivity contribution in [1.82, 2.24) is 9.97 Å². The Balaban J connectivity index is 2.60. The highest BCUT2D eigenvalue weighted by Crippen LogP contribution is 2.24. The lowest BCUT2D eigenvalue weighted by Gasteiger charge is -2.04. The Morgan fingerprint density at radius 2 is 1.88 bits per heavy atom. The summed E-state index contributed by atoms with van der Waals surface area (Å²) in [7, 11) is 0. The van der Waals surface area contributed by atoms with Crippen molar-refractivity contribution in [2.75, 3.05) is 0 Å². The minimum atomic E-state index is -0.661. The van der Waals surface area contributed by atoms with E-state index >= 15 is 0 Å². The summed E-state index contributed by atoms with van der Waals surface area (Å²) in [5.74, 6) is -0.906. The van der Waals surface area contributed by atoms with E-state index in [0.29, 0.717) is 10.0 Å². The van der Waals surface area contributed by atoms with E-state index in [9.17, 15) is 8.78 Å². The van der Waals surface area contributed by atoms with Gasteiger partial charge in [0.15, 0.2) is 16.8 Å². The van der Waals surface area contributed by atoms with Crippen LogP contribution in [0.1, 0.15) is 5.69 Å². The number of aromatic nitrogens is 2. The highest BCUT2D eigenvalue weighted by molar-refractivity contribution is 9.10. The maximum atomic E-state index is 13.2. The van der Waals surface area contributed by atoms with Crippen LogP contribution >= 0.6 is 27.5 Å². The van der Waals surface area contributed by atoms with Crippen molar-refractivity contribution in [2.45, 2.75) is 6.92 Å². The molecule has 0 aliphatic carbocycles. The summed E-state index contributed by atoms with van der Waals surface area (Å²) in [6.07, 6.45) is 0. The molecule has 0 fully saturated rings. The molecule has 0 N–H and O–H groups in total. The number of nitrogens with zero attached hydrogens (tertiary/aromatic N) is 2. The SMILES string of the molecule is Cc1nc(-c2cc(F)cc(Br)c2)nc(Cl)c1F. The predicted octanol–water partition coefficient (Wildman–Crippen LogP) is 4.15. The maximum Gasteiger partial charge on any atom is 0.181 e. The van der Waals surface area contributed by atoms with Crippen LogP contribution in [0.5, 0.6) is 0 Å². The smallest absolute Gasteiger partial charge is 0.181 e. The average molecular weight is 320 g/mol. The lowest BCUT2D eigenvalue weighted by atomic mass is 10.2. The lowest BCUT2D eigenvalue weighted by molar-refractivity contribution is 0.602. The standard InChI is InChI=1S/C11H6BrClF2N2/c1-5-9(15)10(13)17-11(16-5)6-2-7(12)4-8(14)3-6/h2-4H,1H3. The predicted molar refractivity (Wildman–Crippen MR) is 64.8 cm³/mol. The van der Waals surface area contributed by atoms with Crippen molar-refractivity contribution in [2.24, 2.45) is 0 Å². The number of hydrogen-bond donors (Lipinski definition) is 0. The van der Waals surface area contributed by atoms with Crippen molar-refractivity contribution in [3.63, 3.8) is 0 Å². The van der Waals surface area contributed by atoms with E-state index in [1.54, 1.807) is 6.07 Å². The van der Waals surface area contributed by atoms with Crippen molar-refractivity contribution in [1.29, 1.82) is 0 Å². The van der Waals surface area contributed by atoms with Gasteiger partial charge in [-0.1, -0.05) is 27.5 Å². The molecule has 0 atom stereocenters. The zero-order chi connectivity index (χ0) is 12.6. The molecule has 0 spiro atoms. The van der Waals surface area contributed by atoms with Gasteiger partial charge >= 0.3 is 0 Å². The Hall–Kier alpha value is -1.07. The molecule has 1 heterocycles. The van der Waals surface area contributed by atoms with Gasteiger partial charge in [0, 0.05) is 10.0 Å². The molecule has 0 saturated carbocycles. The van der Waals surface area contributed by atoms with E-state index < -0.39 is 11.6 Å². The van der Waals surface area contributed by atoms with Gasteiger partial charge in [-0.25, -0.2) is 18.7 Å². The first kappa shape index (κ1) is 12.4. The number of rotatable bonds is 1. The molecule has 0 aliphatic heterocycles. The Labute approximate surface area is 110 Å².